The molecule has 3 aromatic rings. The summed E-state index contributed by atoms with van der Waals surface area (Å²) in [5.74, 6) is -0.605. The monoisotopic (exact) mass is 441 g/mol. The van der Waals surface area contributed by atoms with Crippen molar-refractivity contribution >= 4 is 51.9 Å². The third-order valence-electron chi connectivity index (χ3n) is 5.46. The Balaban J connectivity index is 1.47. The summed E-state index contributed by atoms with van der Waals surface area (Å²) < 4.78 is 10.9. The Morgan fingerprint density at radius 1 is 1.27 bits per heavy atom. The fourth-order valence-corrected chi connectivity index (χ4v) is 5.57. The van der Waals surface area contributed by atoms with Crippen LogP contribution in [0.5, 0.6) is 0 Å². The number of amides is 1. The Labute approximate surface area is 180 Å². The first-order valence-electron chi connectivity index (χ1n) is 9.40. The first-order valence-corrected chi connectivity index (χ1v) is 10.6. The second-order valence-corrected chi connectivity index (χ2v) is 9.07. The van der Waals surface area contributed by atoms with Crippen LogP contribution in [0, 0.1) is 6.92 Å². The molecule has 8 heteroatoms. The highest BCUT2D eigenvalue weighted by atomic mass is 35.5. The van der Waals surface area contributed by atoms with Gasteiger partial charge in [-0.15, -0.1) is 0 Å². The number of carbonyl (C=O) groups is 2. The minimum atomic E-state index is -1.11. The third-order valence-corrected chi connectivity index (χ3v) is 7.32. The van der Waals surface area contributed by atoms with Crippen LogP contribution in [0.3, 0.4) is 0 Å². The van der Waals surface area contributed by atoms with E-state index in [9.17, 15) is 14.4 Å². The number of benzene rings is 2. The Morgan fingerprint density at radius 2 is 2.07 bits per heavy atom. The lowest BCUT2D eigenvalue weighted by molar-refractivity contribution is -0.148. The number of esters is 1. The van der Waals surface area contributed by atoms with Gasteiger partial charge in [-0.1, -0.05) is 35.5 Å². The number of carbonyl (C=O) groups excluding carboxylic acids is 2. The standard InChI is InChI=1S/C22H16ClNO5S/c1-12-8-17-14(10-15(12)23)13(9-20(26)29-17)11-28-21(27)22-7-6-19(25)24(22)16-4-2-3-5-18(16)30-22/h2-5,8-10H,6-7,11H2,1H3. The van der Waals surface area contributed by atoms with Crippen molar-refractivity contribution in [3.8, 4) is 0 Å². The van der Waals surface area contributed by atoms with Gasteiger partial charge in [0.25, 0.3) is 0 Å². The fraction of sp³-hybridized carbons (Fsp3) is 0.227. The van der Waals surface area contributed by atoms with Gasteiger partial charge in [-0.2, -0.15) is 0 Å². The van der Waals surface area contributed by atoms with Crippen LogP contribution in [0.25, 0.3) is 11.0 Å². The van der Waals surface area contributed by atoms with Crippen LogP contribution in [0.4, 0.5) is 5.69 Å². The summed E-state index contributed by atoms with van der Waals surface area (Å²) in [5.41, 5.74) is 1.86. The lowest BCUT2D eigenvalue weighted by Gasteiger charge is -2.28. The molecule has 0 bridgehead atoms. The first kappa shape index (κ1) is 19.2. The van der Waals surface area contributed by atoms with Gasteiger partial charge in [-0.25, -0.2) is 9.59 Å². The van der Waals surface area contributed by atoms with Gasteiger partial charge in [0.2, 0.25) is 5.91 Å². The molecule has 6 nitrogen and oxygen atoms in total. The van der Waals surface area contributed by atoms with Crippen molar-refractivity contribution in [1.82, 2.24) is 0 Å². The lowest BCUT2D eigenvalue weighted by Crippen LogP contribution is -2.47. The number of aryl methyl sites for hydroxylation is 1. The molecule has 0 radical (unpaired) electrons. The molecule has 2 aliphatic rings. The average Bonchev–Trinajstić information content (AvgIpc) is 3.23. The summed E-state index contributed by atoms with van der Waals surface area (Å²) in [6.07, 6.45) is 0.649. The smallest absolute Gasteiger partial charge is 0.343 e. The van der Waals surface area contributed by atoms with Gasteiger partial charge < -0.3 is 9.15 Å². The number of rotatable bonds is 3. The summed E-state index contributed by atoms with van der Waals surface area (Å²) >= 11 is 7.57. The highest BCUT2D eigenvalue weighted by Gasteiger charge is 2.58. The van der Waals surface area contributed by atoms with Crippen LogP contribution in [-0.2, 0) is 20.9 Å². The minimum Gasteiger partial charge on any atom is -0.458 e. The van der Waals surface area contributed by atoms with Crippen LogP contribution in [-0.4, -0.2) is 16.7 Å². The SMILES string of the molecule is Cc1cc2oc(=O)cc(COC(=O)C34CCC(=O)N3c3ccccc3S4)c2cc1Cl. The number of fused-ring (bicyclic) bond motifs is 4. The summed E-state index contributed by atoms with van der Waals surface area (Å²) in [6.45, 7) is 1.69. The van der Waals surface area contributed by atoms with E-state index in [1.807, 2.05) is 31.2 Å². The fourth-order valence-electron chi connectivity index (χ4n) is 4.00. The Bertz CT molecular complexity index is 1290. The maximum absolute atomic E-state index is 13.2. The van der Waals surface area contributed by atoms with E-state index in [4.69, 9.17) is 20.8 Å². The molecule has 0 spiro atoms. The summed E-state index contributed by atoms with van der Waals surface area (Å²) in [6, 6.07) is 12.1. The zero-order valence-electron chi connectivity index (χ0n) is 15.9. The highest BCUT2D eigenvalue weighted by molar-refractivity contribution is 8.02. The predicted octanol–water partition coefficient (Wildman–Crippen LogP) is 4.43. The maximum Gasteiger partial charge on any atom is 0.343 e. The van der Waals surface area contributed by atoms with E-state index in [0.29, 0.717) is 28.0 Å². The van der Waals surface area contributed by atoms with Gasteiger partial charge in [0.1, 0.15) is 12.2 Å². The minimum absolute atomic E-state index is 0.0996. The molecule has 1 aromatic heterocycles. The Kier molecular flexibility index (Phi) is 4.41. The van der Waals surface area contributed by atoms with E-state index in [0.717, 1.165) is 16.1 Å². The maximum atomic E-state index is 13.2. The largest absolute Gasteiger partial charge is 0.458 e. The molecule has 0 N–H and O–H groups in total. The van der Waals surface area contributed by atoms with Crippen molar-refractivity contribution < 1.29 is 18.7 Å². The van der Waals surface area contributed by atoms with E-state index in [-0.39, 0.29) is 18.9 Å². The molecule has 0 aliphatic carbocycles. The van der Waals surface area contributed by atoms with Gasteiger partial charge in [-0.3, -0.25) is 9.69 Å². The van der Waals surface area contributed by atoms with E-state index >= 15 is 0 Å². The number of para-hydroxylation sites is 1. The molecule has 152 valence electrons. The first-order chi connectivity index (χ1) is 14.4. The number of halogens is 1. The van der Waals surface area contributed by atoms with E-state index in [1.165, 1.54) is 17.8 Å². The molecule has 1 fully saturated rings. The van der Waals surface area contributed by atoms with Gasteiger partial charge >= 0.3 is 11.6 Å². The normalized spacial score (nSPS) is 19.8. The summed E-state index contributed by atoms with van der Waals surface area (Å²) in [4.78, 5) is 39.0. The number of hydrogen-bond donors (Lipinski definition) is 0. The number of hydrogen-bond acceptors (Lipinski definition) is 6. The van der Waals surface area contributed by atoms with Gasteiger partial charge in [0.05, 0.1) is 5.69 Å². The van der Waals surface area contributed by atoms with Crippen molar-refractivity contribution in [2.24, 2.45) is 0 Å². The molecular weight excluding hydrogens is 426 g/mol. The zero-order valence-corrected chi connectivity index (χ0v) is 17.5. The van der Waals surface area contributed by atoms with Crippen molar-refractivity contribution in [3.05, 3.63) is 69.0 Å². The van der Waals surface area contributed by atoms with Gasteiger partial charge in [0.15, 0.2) is 4.87 Å². The number of thioether (sulfide) groups is 1. The van der Waals surface area contributed by atoms with Gasteiger partial charge in [-0.05, 0) is 36.8 Å². The summed E-state index contributed by atoms with van der Waals surface area (Å²) in [5, 5.41) is 1.13. The molecule has 2 aromatic carbocycles. The molecule has 1 atom stereocenters. The third kappa shape index (κ3) is 2.84. The van der Waals surface area contributed by atoms with Crippen LogP contribution >= 0.6 is 23.4 Å². The average molecular weight is 442 g/mol. The second kappa shape index (κ2) is 6.89. The number of ether oxygens (including phenoxy) is 1. The highest BCUT2D eigenvalue weighted by Crippen LogP contribution is 2.56. The molecule has 1 unspecified atom stereocenters. The van der Waals surface area contributed by atoms with E-state index < -0.39 is 16.5 Å². The molecule has 1 amide bonds. The van der Waals surface area contributed by atoms with Crippen LogP contribution in [0.1, 0.15) is 24.0 Å². The number of anilines is 1. The van der Waals surface area contributed by atoms with Crippen molar-refractivity contribution in [2.45, 2.75) is 36.1 Å². The van der Waals surface area contributed by atoms with Crippen LogP contribution < -0.4 is 10.5 Å². The van der Waals surface area contributed by atoms with Crippen molar-refractivity contribution in [2.75, 3.05) is 4.90 Å². The topological polar surface area (TPSA) is 76.8 Å². The molecule has 1 saturated heterocycles. The molecule has 30 heavy (non-hydrogen) atoms. The Hall–Kier alpha value is -2.77. The Morgan fingerprint density at radius 3 is 2.90 bits per heavy atom. The molecule has 3 heterocycles. The predicted molar refractivity (Wildman–Crippen MR) is 114 cm³/mol. The van der Waals surface area contributed by atoms with Crippen molar-refractivity contribution in [1.29, 1.82) is 0 Å². The zero-order chi connectivity index (χ0) is 21.0. The number of nitrogens with zero attached hydrogens (tertiary/aromatic N) is 1. The second-order valence-electron chi connectivity index (χ2n) is 7.35. The van der Waals surface area contributed by atoms with E-state index in [2.05, 4.69) is 0 Å². The van der Waals surface area contributed by atoms with Crippen LogP contribution in [0.2, 0.25) is 5.02 Å². The molecular formula is C22H16ClNO5S. The van der Waals surface area contributed by atoms with Crippen LogP contribution in [0.15, 0.2) is 56.6 Å². The van der Waals surface area contributed by atoms with Crippen molar-refractivity contribution in [3.63, 3.8) is 0 Å². The molecule has 2 aliphatic heterocycles. The van der Waals surface area contributed by atoms with Gasteiger partial charge in [0, 0.05) is 39.8 Å². The quantitative estimate of drug-likeness (QED) is 0.442. The van der Waals surface area contributed by atoms with E-state index in [1.54, 1.807) is 17.0 Å². The summed E-state index contributed by atoms with van der Waals surface area (Å²) in [7, 11) is 0. The lowest BCUT2D eigenvalue weighted by atomic mass is 10.1. The molecule has 5 rings (SSSR count). The molecule has 0 saturated carbocycles.